The standard InChI is InChI=1S/C48H55ClFN8O7PS/c1-47(2)14-12-34(39(29-47)32-4-6-35(49)7-5-32)30-55-18-20-56(21-19-55)36-8-10-38(41(27-36)57-22-25-66(3,62)46-43(57)26-33-13-17-51-44(33)53-46)45(59)54-67(63,64)37-9-11-40(42(28-37)58(60)61)52-31-48(50)15-23-65-24-16-48/h4-11,13,17,26-28,52H,12,14-16,18-25,29-31H2,1-3H3,(H,51,53)(H,54,59). The summed E-state index contributed by atoms with van der Waals surface area (Å²) in [6, 6.07) is 20.3. The SMILES string of the molecule is CC1(C)CCC(CN2CCN(c3ccc(C(=O)NS(=O)(=O)c4ccc(NCC5(F)CCOCC5)c([N+](=O)[O-])c4)c(N4CCP(C)(=O)c5nc6[nH]ccc6cc54)c3)CC2)=C(c2ccc(Cl)cc2)C1. The lowest BCUT2D eigenvalue weighted by atomic mass is 9.72. The molecule has 1 atom stereocenters. The number of nitrogens with zero attached hydrogens (tertiary/aromatic N) is 5. The van der Waals surface area contributed by atoms with Crippen molar-refractivity contribution < 1.29 is 31.8 Å². The molecule has 3 aromatic carbocycles. The van der Waals surface area contributed by atoms with E-state index in [9.17, 15) is 27.9 Å². The van der Waals surface area contributed by atoms with Crippen LogP contribution in [0.5, 0.6) is 0 Å². The lowest BCUT2D eigenvalue weighted by molar-refractivity contribution is -0.384. The normalized spacial score (nSPS) is 21.0. The van der Waals surface area contributed by atoms with Crippen LogP contribution < -0.4 is 25.3 Å². The third kappa shape index (κ3) is 9.98. The van der Waals surface area contributed by atoms with Gasteiger partial charge in [0.1, 0.15) is 29.6 Å². The molecule has 1 aliphatic carbocycles. The number of allylic oxidation sites excluding steroid dienone is 1. The molecule has 15 nitrogen and oxygen atoms in total. The van der Waals surface area contributed by atoms with E-state index >= 15 is 4.39 Å². The van der Waals surface area contributed by atoms with Gasteiger partial charge in [0.2, 0.25) is 0 Å². The molecule has 5 aromatic rings. The van der Waals surface area contributed by atoms with Crippen molar-refractivity contribution in [2.45, 2.75) is 56.5 Å². The van der Waals surface area contributed by atoms with E-state index in [1.165, 1.54) is 22.8 Å². The Balaban J connectivity index is 0.999. The van der Waals surface area contributed by atoms with Gasteiger partial charge in [-0.15, -0.1) is 0 Å². The van der Waals surface area contributed by atoms with Crippen molar-refractivity contribution in [1.29, 1.82) is 0 Å². The fraction of sp³-hybridized carbons (Fsp3) is 0.417. The molecule has 0 saturated carbocycles. The van der Waals surface area contributed by atoms with Crippen LogP contribution >= 0.6 is 18.7 Å². The molecule has 354 valence electrons. The van der Waals surface area contributed by atoms with E-state index in [-0.39, 0.29) is 62.0 Å². The molecule has 4 aliphatic rings. The predicted octanol–water partition coefficient (Wildman–Crippen LogP) is 8.73. The molecule has 2 fully saturated rings. The van der Waals surface area contributed by atoms with E-state index in [0.717, 1.165) is 62.1 Å². The van der Waals surface area contributed by atoms with Crippen molar-refractivity contribution in [2.75, 3.05) is 87.0 Å². The average Bonchev–Trinajstić information content (AvgIpc) is 3.77. The van der Waals surface area contributed by atoms with Crippen LogP contribution in [0.15, 0.2) is 89.5 Å². The highest BCUT2D eigenvalue weighted by molar-refractivity contribution is 7.90. The van der Waals surface area contributed by atoms with Crippen LogP contribution in [0, 0.1) is 15.5 Å². The molecule has 0 radical (unpaired) electrons. The second-order valence-corrected chi connectivity index (χ2v) is 24.3. The molecule has 3 N–H and O–H groups in total. The van der Waals surface area contributed by atoms with Crippen LogP contribution in [0.1, 0.15) is 61.9 Å². The monoisotopic (exact) mass is 972 g/mol. The predicted molar refractivity (Wildman–Crippen MR) is 262 cm³/mol. The summed E-state index contributed by atoms with van der Waals surface area (Å²) in [6.45, 7) is 10.7. The smallest absolute Gasteiger partial charge is 0.293 e. The fourth-order valence-electron chi connectivity index (χ4n) is 9.69. The summed E-state index contributed by atoms with van der Waals surface area (Å²) in [4.78, 5) is 39.8. The second kappa shape index (κ2) is 18.3. The Bertz CT molecular complexity index is 2930. The van der Waals surface area contributed by atoms with E-state index in [2.05, 4.69) is 50.8 Å². The number of aromatic amines is 1. The minimum Gasteiger partial charge on any atom is -0.381 e. The van der Waals surface area contributed by atoms with Crippen LogP contribution in [0.25, 0.3) is 16.6 Å². The van der Waals surface area contributed by atoms with E-state index in [1.54, 1.807) is 25.0 Å². The van der Waals surface area contributed by atoms with Gasteiger partial charge in [-0.05, 0) is 97.1 Å². The molecule has 19 heteroatoms. The summed E-state index contributed by atoms with van der Waals surface area (Å²) in [7, 11) is -7.62. The minimum absolute atomic E-state index is 0.0262. The molecule has 1 amide bonds. The van der Waals surface area contributed by atoms with Gasteiger partial charge >= 0.3 is 0 Å². The van der Waals surface area contributed by atoms with E-state index < -0.39 is 44.2 Å². The number of aromatic nitrogens is 2. The Morgan fingerprint density at radius 3 is 2.46 bits per heavy atom. The number of nitro benzene ring substituents is 1. The number of alkyl halides is 1. The van der Waals surface area contributed by atoms with Crippen molar-refractivity contribution in [2.24, 2.45) is 5.41 Å². The molecular formula is C48H55ClFN8O7PS. The van der Waals surface area contributed by atoms with Gasteiger partial charge in [-0.2, -0.15) is 0 Å². The number of hydrogen-bond donors (Lipinski definition) is 3. The van der Waals surface area contributed by atoms with Gasteiger partial charge in [0.25, 0.3) is 21.6 Å². The number of pyridine rings is 1. The lowest BCUT2D eigenvalue weighted by Crippen LogP contribution is -2.47. The number of benzene rings is 3. The number of sulfonamides is 1. The van der Waals surface area contributed by atoms with E-state index in [4.69, 9.17) is 21.3 Å². The first kappa shape index (κ1) is 46.8. The first-order valence-corrected chi connectivity index (χ1v) is 26.8. The minimum atomic E-state index is -4.68. The molecule has 0 bridgehead atoms. The molecule has 5 heterocycles. The molecule has 2 aromatic heterocycles. The largest absolute Gasteiger partial charge is 0.381 e. The molecule has 9 rings (SSSR count). The highest BCUT2D eigenvalue weighted by Crippen LogP contribution is 2.49. The zero-order valence-electron chi connectivity index (χ0n) is 37.8. The Morgan fingerprint density at radius 1 is 0.985 bits per heavy atom. The summed E-state index contributed by atoms with van der Waals surface area (Å²) in [5.74, 6) is -0.960. The zero-order chi connectivity index (χ0) is 47.3. The van der Waals surface area contributed by atoms with E-state index in [0.29, 0.717) is 40.6 Å². The van der Waals surface area contributed by atoms with Gasteiger partial charge in [0, 0.05) is 106 Å². The molecule has 1 unspecified atom stereocenters. The van der Waals surface area contributed by atoms with Crippen molar-refractivity contribution in [3.63, 3.8) is 0 Å². The van der Waals surface area contributed by atoms with Gasteiger partial charge < -0.3 is 29.4 Å². The summed E-state index contributed by atoms with van der Waals surface area (Å²) in [5.41, 5.74) is 4.75. The molecule has 0 spiro atoms. The lowest BCUT2D eigenvalue weighted by Gasteiger charge is -2.40. The van der Waals surface area contributed by atoms with Gasteiger partial charge in [-0.3, -0.25) is 19.8 Å². The number of nitro groups is 1. The number of carbonyl (C=O) groups is 1. The number of piperazine rings is 1. The maximum Gasteiger partial charge on any atom is 0.293 e. The van der Waals surface area contributed by atoms with Crippen molar-refractivity contribution in [1.82, 2.24) is 19.6 Å². The number of anilines is 4. The second-order valence-electron chi connectivity index (χ2n) is 19.1. The number of fused-ring (bicyclic) bond motifs is 2. The Kier molecular flexibility index (Phi) is 12.8. The van der Waals surface area contributed by atoms with Crippen LogP contribution in [-0.2, 0) is 19.3 Å². The number of carbonyl (C=O) groups excluding carboxylic acids is 1. The quantitative estimate of drug-likeness (QED) is 0.0615. The number of amides is 1. The molecular weight excluding hydrogens is 918 g/mol. The van der Waals surface area contributed by atoms with Crippen LogP contribution in [0.4, 0.5) is 32.8 Å². The number of halogens is 2. The Labute approximate surface area is 394 Å². The summed E-state index contributed by atoms with van der Waals surface area (Å²) < 4.78 is 64.7. The third-order valence-corrected chi connectivity index (χ3v) is 17.6. The van der Waals surface area contributed by atoms with Gasteiger partial charge in [0.05, 0.1) is 26.8 Å². The zero-order valence-corrected chi connectivity index (χ0v) is 40.3. The number of nitrogens with one attached hydrogen (secondary N) is 3. The fourth-order valence-corrected chi connectivity index (χ4v) is 12.6. The average molecular weight is 974 g/mol. The summed E-state index contributed by atoms with van der Waals surface area (Å²) in [6.07, 6.45) is 5.37. The third-order valence-electron chi connectivity index (χ3n) is 13.7. The number of hydrogen-bond acceptors (Lipinski definition) is 12. The summed E-state index contributed by atoms with van der Waals surface area (Å²) in [5, 5.41) is 16.5. The van der Waals surface area contributed by atoms with Crippen molar-refractivity contribution in [3.8, 4) is 0 Å². The molecule has 2 saturated heterocycles. The maximum atomic E-state index is 15.3. The Morgan fingerprint density at radius 2 is 1.73 bits per heavy atom. The maximum absolute atomic E-state index is 15.3. The first-order chi connectivity index (χ1) is 31.9. The van der Waals surface area contributed by atoms with Gasteiger partial charge in [0.15, 0.2) is 0 Å². The van der Waals surface area contributed by atoms with Gasteiger partial charge in [-0.25, -0.2) is 22.5 Å². The Hall–Kier alpha value is -5.32. The first-order valence-electron chi connectivity index (χ1n) is 22.6. The van der Waals surface area contributed by atoms with Crippen molar-refractivity contribution >= 4 is 85.2 Å². The number of ether oxygens (including phenoxy) is 1. The van der Waals surface area contributed by atoms with Crippen molar-refractivity contribution in [3.05, 3.63) is 111 Å². The van der Waals surface area contributed by atoms with Crippen LogP contribution in [0.2, 0.25) is 5.02 Å². The topological polar surface area (TPSA) is 183 Å². The van der Waals surface area contributed by atoms with Crippen LogP contribution in [0.3, 0.4) is 0 Å². The summed E-state index contributed by atoms with van der Waals surface area (Å²) >= 11 is 6.26. The molecule has 3 aliphatic heterocycles. The number of H-pyrrole nitrogens is 1. The molecule has 67 heavy (non-hydrogen) atoms. The highest BCUT2D eigenvalue weighted by atomic mass is 35.5. The number of rotatable bonds is 12. The highest BCUT2D eigenvalue weighted by Gasteiger charge is 2.37. The van der Waals surface area contributed by atoms with E-state index in [1.807, 2.05) is 35.2 Å². The van der Waals surface area contributed by atoms with Crippen LogP contribution in [-0.4, -0.2) is 112 Å². The van der Waals surface area contributed by atoms with Gasteiger partial charge in [-0.1, -0.05) is 43.2 Å².